The minimum Gasteiger partial charge on any atom is -0.462 e. The topological polar surface area (TPSA) is 80.8 Å². The lowest BCUT2D eigenvalue weighted by Gasteiger charge is -2.05. The molecule has 0 aliphatic carbocycles. The number of H-pyrrole nitrogens is 1. The number of hydrogen-bond donors (Lipinski definition) is 1. The summed E-state index contributed by atoms with van der Waals surface area (Å²) in [6, 6.07) is 13.0. The fraction of sp³-hybridized carbons (Fsp3) is 0.263. The van der Waals surface area contributed by atoms with Crippen molar-refractivity contribution in [2.75, 3.05) is 6.61 Å². The summed E-state index contributed by atoms with van der Waals surface area (Å²) in [4.78, 5) is 20.8. The Labute approximate surface area is 146 Å². The van der Waals surface area contributed by atoms with Crippen molar-refractivity contribution in [1.82, 2.24) is 20.2 Å². The van der Waals surface area contributed by atoms with Crippen molar-refractivity contribution in [2.24, 2.45) is 0 Å². The zero-order valence-electron chi connectivity index (χ0n) is 14.3. The highest BCUT2D eigenvalue weighted by molar-refractivity contribution is 5.89. The second kappa shape index (κ2) is 7.70. The number of rotatable bonds is 6. The summed E-state index contributed by atoms with van der Waals surface area (Å²) in [5, 5.41) is 6.90. The molecule has 0 aliphatic heterocycles. The van der Waals surface area contributed by atoms with Crippen LogP contribution >= 0.6 is 0 Å². The average molecular weight is 336 g/mol. The maximum Gasteiger partial charge on any atom is 0.338 e. The molecular formula is C19H20N4O2. The minimum absolute atomic E-state index is 0.324. The second-order valence-corrected chi connectivity index (χ2v) is 5.83. The van der Waals surface area contributed by atoms with Gasteiger partial charge in [-0.25, -0.2) is 9.78 Å². The van der Waals surface area contributed by atoms with Gasteiger partial charge in [0.1, 0.15) is 5.82 Å². The molecule has 0 fully saturated rings. The lowest BCUT2D eigenvalue weighted by molar-refractivity contribution is 0.0500. The number of pyridine rings is 1. The van der Waals surface area contributed by atoms with Gasteiger partial charge in [-0.05, 0) is 51.0 Å². The van der Waals surface area contributed by atoms with Crippen LogP contribution in [0.25, 0.3) is 11.4 Å². The summed E-state index contributed by atoms with van der Waals surface area (Å²) >= 11 is 0. The van der Waals surface area contributed by atoms with Gasteiger partial charge < -0.3 is 4.74 Å². The molecule has 25 heavy (non-hydrogen) atoms. The summed E-state index contributed by atoms with van der Waals surface area (Å²) in [6.45, 7) is 4.18. The van der Waals surface area contributed by atoms with Crippen LogP contribution < -0.4 is 0 Å². The highest BCUT2D eigenvalue weighted by Gasteiger charge is 2.09. The first-order valence-electron chi connectivity index (χ1n) is 8.21. The lowest BCUT2D eigenvalue weighted by atomic mass is 10.1. The third kappa shape index (κ3) is 4.50. The zero-order valence-corrected chi connectivity index (χ0v) is 14.3. The Morgan fingerprint density at radius 3 is 2.56 bits per heavy atom. The highest BCUT2D eigenvalue weighted by Crippen LogP contribution is 2.16. The molecule has 0 spiro atoms. The first-order chi connectivity index (χ1) is 12.1. The number of nitrogens with one attached hydrogen (secondary N) is 1. The van der Waals surface area contributed by atoms with Crippen LogP contribution in [0.2, 0.25) is 0 Å². The van der Waals surface area contributed by atoms with E-state index in [9.17, 15) is 4.79 Å². The fourth-order valence-corrected chi connectivity index (χ4v) is 2.47. The molecule has 0 atom stereocenters. The third-order valence-electron chi connectivity index (χ3n) is 3.73. The number of hydrogen-bond acceptors (Lipinski definition) is 5. The van der Waals surface area contributed by atoms with Crippen LogP contribution in [-0.2, 0) is 11.2 Å². The number of aromatic amines is 1. The van der Waals surface area contributed by atoms with Crippen LogP contribution in [0.3, 0.4) is 0 Å². The molecule has 2 aromatic heterocycles. The predicted molar refractivity (Wildman–Crippen MR) is 94.1 cm³/mol. The maximum absolute atomic E-state index is 12.1. The van der Waals surface area contributed by atoms with Crippen LogP contribution in [0.15, 0.2) is 42.5 Å². The summed E-state index contributed by atoms with van der Waals surface area (Å²) in [5.41, 5.74) is 3.38. The molecule has 6 nitrogen and oxygen atoms in total. The van der Waals surface area contributed by atoms with Gasteiger partial charge >= 0.3 is 5.97 Å². The minimum atomic E-state index is -0.324. The van der Waals surface area contributed by atoms with Crippen LogP contribution in [-0.4, -0.2) is 32.7 Å². The summed E-state index contributed by atoms with van der Waals surface area (Å²) in [5.74, 6) is 1.04. The monoisotopic (exact) mass is 336 g/mol. The van der Waals surface area contributed by atoms with Crippen molar-refractivity contribution < 1.29 is 9.53 Å². The summed E-state index contributed by atoms with van der Waals surface area (Å²) in [6.07, 6.45) is 1.54. The van der Waals surface area contributed by atoms with Crippen LogP contribution in [0.1, 0.15) is 34.0 Å². The van der Waals surface area contributed by atoms with Gasteiger partial charge in [-0.1, -0.05) is 18.2 Å². The van der Waals surface area contributed by atoms with E-state index in [1.807, 2.05) is 44.2 Å². The van der Waals surface area contributed by atoms with Crippen LogP contribution in [0.5, 0.6) is 0 Å². The number of ether oxygens (including phenoxy) is 1. The molecule has 0 unspecified atom stereocenters. The molecule has 0 amide bonds. The first kappa shape index (κ1) is 16.8. The van der Waals surface area contributed by atoms with Crippen LogP contribution in [0, 0.1) is 13.8 Å². The number of carbonyl (C=O) groups excluding carboxylic acids is 1. The molecule has 0 bridgehead atoms. The van der Waals surface area contributed by atoms with E-state index in [2.05, 4.69) is 20.2 Å². The van der Waals surface area contributed by atoms with Crippen molar-refractivity contribution in [3.05, 3.63) is 65.2 Å². The molecule has 0 radical (unpaired) electrons. The number of aromatic nitrogens is 4. The third-order valence-corrected chi connectivity index (χ3v) is 3.73. The van der Waals surface area contributed by atoms with Gasteiger partial charge in [-0.2, -0.15) is 5.10 Å². The van der Waals surface area contributed by atoms with E-state index in [4.69, 9.17) is 4.74 Å². The van der Waals surface area contributed by atoms with Crippen molar-refractivity contribution in [3.8, 4) is 11.4 Å². The molecule has 2 heterocycles. The normalized spacial score (nSPS) is 10.6. The Morgan fingerprint density at radius 1 is 1.08 bits per heavy atom. The molecule has 128 valence electrons. The smallest absolute Gasteiger partial charge is 0.338 e. The van der Waals surface area contributed by atoms with E-state index in [0.717, 1.165) is 35.6 Å². The number of esters is 1. The highest BCUT2D eigenvalue weighted by atomic mass is 16.5. The van der Waals surface area contributed by atoms with E-state index < -0.39 is 0 Å². The van der Waals surface area contributed by atoms with Gasteiger partial charge in [0.25, 0.3) is 0 Å². The Hall–Kier alpha value is -3.02. The molecule has 1 aromatic carbocycles. The second-order valence-electron chi connectivity index (χ2n) is 5.83. The van der Waals surface area contributed by atoms with Gasteiger partial charge in [-0.3, -0.25) is 10.1 Å². The van der Waals surface area contributed by atoms with Crippen molar-refractivity contribution in [3.63, 3.8) is 0 Å². The van der Waals surface area contributed by atoms with Crippen molar-refractivity contribution >= 4 is 5.97 Å². The molecule has 1 N–H and O–H groups in total. The van der Waals surface area contributed by atoms with E-state index in [1.54, 1.807) is 12.1 Å². The van der Waals surface area contributed by atoms with Gasteiger partial charge in [0.15, 0.2) is 5.82 Å². The number of carbonyl (C=O) groups is 1. The van der Waals surface area contributed by atoms with E-state index >= 15 is 0 Å². The van der Waals surface area contributed by atoms with Crippen molar-refractivity contribution in [2.45, 2.75) is 26.7 Å². The Morgan fingerprint density at radius 2 is 1.88 bits per heavy atom. The Bertz CT molecular complexity index is 856. The number of benzene rings is 1. The molecule has 0 saturated carbocycles. The molecule has 3 rings (SSSR count). The standard InChI is InChI=1S/C19H20N4O2/c1-13-5-3-6-17(20-13)7-4-12-25-19(24)16-10-8-15(9-11-16)18-21-14(2)22-23-18/h3,5-6,8-11H,4,7,12H2,1-2H3,(H,21,22,23). The summed E-state index contributed by atoms with van der Waals surface area (Å²) < 4.78 is 5.33. The first-order valence-corrected chi connectivity index (χ1v) is 8.21. The van der Waals surface area contributed by atoms with Gasteiger partial charge in [0, 0.05) is 17.0 Å². The Kier molecular flexibility index (Phi) is 5.18. The quantitative estimate of drug-likeness (QED) is 0.552. The predicted octanol–water partition coefficient (Wildman–Crippen LogP) is 3.27. The van der Waals surface area contributed by atoms with Crippen LogP contribution in [0.4, 0.5) is 0 Å². The number of aryl methyl sites for hydroxylation is 3. The van der Waals surface area contributed by atoms with Crippen molar-refractivity contribution in [1.29, 1.82) is 0 Å². The van der Waals surface area contributed by atoms with E-state index in [0.29, 0.717) is 18.0 Å². The number of nitrogens with zero attached hydrogens (tertiary/aromatic N) is 3. The Balaban J connectivity index is 1.49. The van der Waals surface area contributed by atoms with Gasteiger partial charge in [0.2, 0.25) is 0 Å². The molecule has 0 saturated heterocycles. The summed E-state index contributed by atoms with van der Waals surface area (Å²) in [7, 11) is 0. The molecule has 0 aliphatic rings. The lowest BCUT2D eigenvalue weighted by Crippen LogP contribution is -2.07. The fourth-order valence-electron chi connectivity index (χ4n) is 2.47. The van der Waals surface area contributed by atoms with Gasteiger partial charge in [-0.15, -0.1) is 0 Å². The maximum atomic E-state index is 12.1. The van der Waals surface area contributed by atoms with Gasteiger partial charge in [0.05, 0.1) is 12.2 Å². The average Bonchev–Trinajstić information content (AvgIpc) is 3.05. The molecule has 3 aromatic rings. The van der Waals surface area contributed by atoms with E-state index in [-0.39, 0.29) is 5.97 Å². The van der Waals surface area contributed by atoms with E-state index in [1.165, 1.54) is 0 Å². The molecule has 6 heteroatoms. The SMILES string of the molecule is Cc1cccc(CCCOC(=O)c2ccc(-c3n[nH]c(C)n3)cc2)n1. The zero-order chi connectivity index (χ0) is 17.6. The largest absolute Gasteiger partial charge is 0.462 e. The molecular weight excluding hydrogens is 316 g/mol.